The van der Waals surface area contributed by atoms with Crippen molar-refractivity contribution in [1.29, 1.82) is 0 Å². The minimum absolute atomic E-state index is 0.103. The van der Waals surface area contributed by atoms with Crippen LogP contribution in [-0.4, -0.2) is 29.9 Å². The van der Waals surface area contributed by atoms with Gasteiger partial charge in [0.25, 0.3) is 0 Å². The summed E-state index contributed by atoms with van der Waals surface area (Å²) in [5.41, 5.74) is 2.56. The van der Waals surface area contributed by atoms with Gasteiger partial charge in [0.05, 0.1) is 12.2 Å². The average Bonchev–Trinajstić information content (AvgIpc) is 3.09. The molecule has 0 aliphatic heterocycles. The van der Waals surface area contributed by atoms with Crippen LogP contribution in [0.5, 0.6) is 0 Å². The second kappa shape index (κ2) is 7.24. The van der Waals surface area contributed by atoms with Gasteiger partial charge < -0.3 is 10.2 Å². The number of thiophene rings is 1. The summed E-state index contributed by atoms with van der Waals surface area (Å²) in [4.78, 5) is 11.2. The van der Waals surface area contributed by atoms with Crippen LogP contribution in [0.1, 0.15) is 37.0 Å². The number of guanidine groups is 1. The molecule has 0 bridgehead atoms. The fraction of sp³-hybridized carbons (Fsp3) is 0.500. The molecule has 2 aromatic rings. The van der Waals surface area contributed by atoms with Crippen molar-refractivity contribution in [1.82, 2.24) is 15.2 Å². The first-order chi connectivity index (χ1) is 10.4. The maximum Gasteiger partial charge on any atom is 0.194 e. The van der Waals surface area contributed by atoms with Gasteiger partial charge in [-0.25, -0.2) is 4.98 Å². The van der Waals surface area contributed by atoms with Crippen LogP contribution in [0.15, 0.2) is 27.2 Å². The summed E-state index contributed by atoms with van der Waals surface area (Å²) in [6.45, 7) is 8.13. The molecule has 2 aromatic heterocycles. The highest BCUT2D eigenvalue weighted by molar-refractivity contribution is 7.09. The van der Waals surface area contributed by atoms with Crippen molar-refractivity contribution >= 4 is 28.6 Å². The lowest BCUT2D eigenvalue weighted by Gasteiger charge is -2.21. The molecule has 120 valence electrons. The molecule has 0 aliphatic rings. The number of hydrogen-bond acceptors (Lipinski definition) is 4. The molecule has 4 nitrogen and oxygen atoms in total. The minimum atomic E-state index is 0.103. The Balaban J connectivity index is 1.92. The predicted octanol–water partition coefficient (Wildman–Crippen LogP) is 3.71. The first-order valence-electron chi connectivity index (χ1n) is 7.28. The lowest BCUT2D eigenvalue weighted by atomic mass is 9.93. The second-order valence-corrected chi connectivity index (χ2v) is 7.99. The van der Waals surface area contributed by atoms with E-state index in [9.17, 15) is 0 Å². The average molecular weight is 337 g/mol. The van der Waals surface area contributed by atoms with Gasteiger partial charge in [-0.05, 0) is 22.4 Å². The number of nitrogens with zero attached hydrogens (tertiary/aromatic N) is 3. The molecule has 2 rings (SSSR count). The molecule has 0 unspecified atom stereocenters. The third-order valence-corrected chi connectivity index (χ3v) is 4.87. The molecule has 0 spiro atoms. The Labute approximate surface area is 140 Å². The standard InChI is InChI=1S/C16H24N4S2/c1-16(2,3)13-11-22-14(19-13)8-18-15(17-4)20(5)9-12-6-7-21-10-12/h6-7,10-11H,8-9H2,1-5H3,(H,17,18). The molecule has 0 fully saturated rings. The van der Waals surface area contributed by atoms with Crippen LogP contribution in [0, 0.1) is 0 Å². The monoisotopic (exact) mass is 336 g/mol. The number of rotatable bonds is 4. The maximum atomic E-state index is 4.71. The number of aliphatic imine (C=N–C) groups is 1. The van der Waals surface area contributed by atoms with Crippen LogP contribution in [0.3, 0.4) is 0 Å². The number of thiazole rings is 1. The zero-order valence-corrected chi connectivity index (χ0v) is 15.5. The van der Waals surface area contributed by atoms with Gasteiger partial charge in [0.1, 0.15) is 5.01 Å². The second-order valence-electron chi connectivity index (χ2n) is 6.26. The van der Waals surface area contributed by atoms with E-state index in [0.717, 1.165) is 23.2 Å². The van der Waals surface area contributed by atoms with Crippen LogP contribution in [0.4, 0.5) is 0 Å². The number of nitrogens with one attached hydrogen (secondary N) is 1. The first-order valence-corrected chi connectivity index (χ1v) is 9.10. The van der Waals surface area contributed by atoms with E-state index in [1.54, 1.807) is 22.7 Å². The largest absolute Gasteiger partial charge is 0.350 e. The molecule has 0 atom stereocenters. The van der Waals surface area contributed by atoms with E-state index in [1.807, 2.05) is 7.05 Å². The quantitative estimate of drug-likeness (QED) is 0.683. The van der Waals surface area contributed by atoms with Crippen molar-refractivity contribution < 1.29 is 0 Å². The van der Waals surface area contributed by atoms with Gasteiger partial charge in [-0.15, -0.1) is 11.3 Å². The Morgan fingerprint density at radius 1 is 1.36 bits per heavy atom. The van der Waals surface area contributed by atoms with Crippen molar-refractivity contribution in [2.75, 3.05) is 14.1 Å². The molecular formula is C16H24N4S2. The Morgan fingerprint density at radius 3 is 2.68 bits per heavy atom. The summed E-state index contributed by atoms with van der Waals surface area (Å²) < 4.78 is 0. The molecule has 6 heteroatoms. The molecule has 0 aliphatic carbocycles. The van der Waals surface area contributed by atoms with E-state index in [2.05, 4.69) is 65.2 Å². The van der Waals surface area contributed by atoms with Crippen LogP contribution >= 0.6 is 22.7 Å². The van der Waals surface area contributed by atoms with Gasteiger partial charge >= 0.3 is 0 Å². The zero-order chi connectivity index (χ0) is 16.2. The van der Waals surface area contributed by atoms with E-state index >= 15 is 0 Å². The summed E-state index contributed by atoms with van der Waals surface area (Å²) in [5.74, 6) is 0.888. The fourth-order valence-electron chi connectivity index (χ4n) is 2.01. The molecule has 0 amide bonds. The Hall–Kier alpha value is -1.40. The number of hydrogen-bond donors (Lipinski definition) is 1. The third kappa shape index (κ3) is 4.55. The third-order valence-electron chi connectivity index (χ3n) is 3.29. The van der Waals surface area contributed by atoms with Gasteiger partial charge in [0.15, 0.2) is 5.96 Å². The molecule has 0 saturated heterocycles. The molecule has 22 heavy (non-hydrogen) atoms. The van der Waals surface area contributed by atoms with Crippen LogP contribution < -0.4 is 5.32 Å². The smallest absolute Gasteiger partial charge is 0.194 e. The maximum absolute atomic E-state index is 4.71. The van der Waals surface area contributed by atoms with Crippen LogP contribution in [0.2, 0.25) is 0 Å². The molecule has 0 radical (unpaired) electrons. The summed E-state index contributed by atoms with van der Waals surface area (Å²) in [7, 11) is 3.87. The molecule has 2 heterocycles. The zero-order valence-electron chi connectivity index (χ0n) is 13.9. The van der Waals surface area contributed by atoms with Crippen LogP contribution in [0.25, 0.3) is 0 Å². The Morgan fingerprint density at radius 2 is 2.14 bits per heavy atom. The summed E-state index contributed by atoms with van der Waals surface area (Å²) >= 11 is 3.42. The van der Waals surface area contributed by atoms with Crippen molar-refractivity contribution in [2.45, 2.75) is 39.3 Å². The first kappa shape index (κ1) is 17.0. The highest BCUT2D eigenvalue weighted by Gasteiger charge is 2.17. The van der Waals surface area contributed by atoms with Gasteiger partial charge in [0.2, 0.25) is 0 Å². The SMILES string of the molecule is CN=C(NCc1nc(C(C)(C)C)cs1)N(C)Cc1ccsc1. The lowest BCUT2D eigenvalue weighted by Crippen LogP contribution is -2.37. The van der Waals surface area contributed by atoms with E-state index in [0.29, 0.717) is 6.54 Å². The van der Waals surface area contributed by atoms with Crippen molar-refractivity contribution in [3.05, 3.63) is 38.5 Å². The van der Waals surface area contributed by atoms with Gasteiger partial charge in [0, 0.05) is 31.4 Å². The highest BCUT2D eigenvalue weighted by atomic mass is 32.1. The fourth-order valence-corrected chi connectivity index (χ4v) is 3.63. The van der Waals surface area contributed by atoms with Crippen molar-refractivity contribution in [2.24, 2.45) is 4.99 Å². The van der Waals surface area contributed by atoms with E-state index < -0.39 is 0 Å². The van der Waals surface area contributed by atoms with E-state index in [1.165, 1.54) is 5.56 Å². The number of aromatic nitrogens is 1. The van der Waals surface area contributed by atoms with E-state index in [4.69, 9.17) is 4.98 Å². The van der Waals surface area contributed by atoms with Crippen LogP contribution in [-0.2, 0) is 18.5 Å². The topological polar surface area (TPSA) is 40.5 Å². The predicted molar refractivity (Wildman–Crippen MR) is 96.8 cm³/mol. The normalized spacial score (nSPS) is 12.5. The van der Waals surface area contributed by atoms with Crippen molar-refractivity contribution in [3.8, 4) is 0 Å². The summed E-state index contributed by atoms with van der Waals surface area (Å²) in [5, 5.41) is 10.9. The highest BCUT2D eigenvalue weighted by Crippen LogP contribution is 2.23. The molecule has 0 aromatic carbocycles. The van der Waals surface area contributed by atoms with Crippen molar-refractivity contribution in [3.63, 3.8) is 0 Å². The summed E-state index contributed by atoms with van der Waals surface area (Å²) in [6, 6.07) is 2.14. The van der Waals surface area contributed by atoms with Gasteiger partial charge in [-0.3, -0.25) is 4.99 Å². The minimum Gasteiger partial charge on any atom is -0.350 e. The molecular weight excluding hydrogens is 312 g/mol. The Kier molecular flexibility index (Phi) is 5.58. The Bertz CT molecular complexity index is 608. The van der Waals surface area contributed by atoms with Gasteiger partial charge in [-0.1, -0.05) is 20.8 Å². The van der Waals surface area contributed by atoms with Gasteiger partial charge in [-0.2, -0.15) is 11.3 Å². The molecule has 0 saturated carbocycles. The summed E-state index contributed by atoms with van der Waals surface area (Å²) in [6.07, 6.45) is 0. The van der Waals surface area contributed by atoms with E-state index in [-0.39, 0.29) is 5.41 Å². The molecule has 1 N–H and O–H groups in total. The lowest BCUT2D eigenvalue weighted by molar-refractivity contribution is 0.477.